The molecule has 5 nitrogen and oxygen atoms in total. The maximum atomic E-state index is 11.1. The molecule has 1 unspecified atom stereocenters. The van der Waals surface area contributed by atoms with Gasteiger partial charge in [0.15, 0.2) is 9.84 Å². The van der Waals surface area contributed by atoms with Crippen LogP contribution in [0.5, 0.6) is 0 Å². The van der Waals surface area contributed by atoms with E-state index < -0.39 is 21.8 Å². The normalized spacial score (nSPS) is 27.4. The minimum absolute atomic E-state index is 0.0189. The third kappa shape index (κ3) is 3.47. The molecule has 3 N–H and O–H groups in total. The predicted molar refractivity (Wildman–Crippen MR) is 55.1 cm³/mol. The van der Waals surface area contributed by atoms with Gasteiger partial charge < -0.3 is 10.8 Å². The number of carboxylic acids is 1. The van der Waals surface area contributed by atoms with Gasteiger partial charge in [-0.1, -0.05) is 0 Å². The van der Waals surface area contributed by atoms with E-state index in [2.05, 4.69) is 0 Å². The zero-order valence-electron chi connectivity index (χ0n) is 7.55. The van der Waals surface area contributed by atoms with Crippen molar-refractivity contribution in [3.8, 4) is 0 Å². The SMILES string of the molecule is N[C@@H](CSC1CCS(=O)(=O)C1)C(=O)O. The van der Waals surface area contributed by atoms with E-state index in [0.29, 0.717) is 6.42 Å². The topological polar surface area (TPSA) is 97.5 Å². The van der Waals surface area contributed by atoms with Crippen LogP contribution in [0.3, 0.4) is 0 Å². The molecule has 0 radical (unpaired) electrons. The smallest absolute Gasteiger partial charge is 0.321 e. The van der Waals surface area contributed by atoms with Crippen LogP contribution in [-0.2, 0) is 14.6 Å². The Labute approximate surface area is 87.0 Å². The van der Waals surface area contributed by atoms with Crippen molar-refractivity contribution in [3.63, 3.8) is 0 Å². The van der Waals surface area contributed by atoms with E-state index in [-0.39, 0.29) is 22.5 Å². The lowest BCUT2D eigenvalue weighted by Crippen LogP contribution is -2.33. The Bertz CT molecular complexity index is 314. The van der Waals surface area contributed by atoms with E-state index >= 15 is 0 Å². The molecule has 0 saturated carbocycles. The minimum atomic E-state index is -2.87. The Morgan fingerprint density at radius 2 is 2.29 bits per heavy atom. The average molecular weight is 239 g/mol. The fourth-order valence-corrected chi connectivity index (χ4v) is 4.81. The van der Waals surface area contributed by atoms with E-state index in [1.165, 1.54) is 11.8 Å². The van der Waals surface area contributed by atoms with Crippen LogP contribution in [0, 0.1) is 0 Å². The van der Waals surface area contributed by atoms with Crippen LogP contribution in [0.1, 0.15) is 6.42 Å². The van der Waals surface area contributed by atoms with Gasteiger partial charge >= 0.3 is 5.97 Å². The number of aliphatic carboxylic acids is 1. The fourth-order valence-electron chi connectivity index (χ4n) is 1.20. The summed E-state index contributed by atoms with van der Waals surface area (Å²) in [4.78, 5) is 10.4. The first-order valence-electron chi connectivity index (χ1n) is 4.21. The molecule has 0 aliphatic carbocycles. The van der Waals surface area contributed by atoms with Gasteiger partial charge in [0, 0.05) is 11.0 Å². The summed E-state index contributed by atoms with van der Waals surface area (Å²) in [5.41, 5.74) is 5.29. The molecule has 1 fully saturated rings. The van der Waals surface area contributed by atoms with Gasteiger partial charge in [-0.3, -0.25) is 4.79 Å². The molecule has 0 aromatic rings. The second-order valence-corrected chi connectivity index (χ2v) is 6.87. The lowest BCUT2D eigenvalue weighted by atomic mass is 10.4. The van der Waals surface area contributed by atoms with Crippen LogP contribution in [-0.4, -0.2) is 48.0 Å². The number of hydrogen-bond acceptors (Lipinski definition) is 5. The monoisotopic (exact) mass is 239 g/mol. The Balaban J connectivity index is 2.31. The Morgan fingerprint density at radius 1 is 1.64 bits per heavy atom. The van der Waals surface area contributed by atoms with E-state index in [1.54, 1.807) is 0 Å². The molecule has 0 spiro atoms. The van der Waals surface area contributed by atoms with Crippen molar-refractivity contribution >= 4 is 27.6 Å². The number of nitrogens with two attached hydrogens (primary N) is 1. The summed E-state index contributed by atoms with van der Waals surface area (Å²) in [7, 11) is -2.87. The molecule has 1 saturated heterocycles. The second kappa shape index (κ2) is 4.50. The molecule has 0 amide bonds. The van der Waals surface area contributed by atoms with Crippen molar-refractivity contribution in [1.29, 1.82) is 0 Å². The summed E-state index contributed by atoms with van der Waals surface area (Å²) >= 11 is 1.34. The van der Waals surface area contributed by atoms with Gasteiger partial charge in [0.1, 0.15) is 6.04 Å². The molecule has 0 bridgehead atoms. The van der Waals surface area contributed by atoms with Gasteiger partial charge in [-0.05, 0) is 6.42 Å². The summed E-state index contributed by atoms with van der Waals surface area (Å²) in [5, 5.41) is 8.52. The lowest BCUT2D eigenvalue weighted by Gasteiger charge is -2.09. The molecule has 0 aromatic heterocycles. The molecule has 2 atom stereocenters. The van der Waals surface area contributed by atoms with Crippen LogP contribution in [0.25, 0.3) is 0 Å². The first-order chi connectivity index (χ1) is 6.41. The van der Waals surface area contributed by atoms with Gasteiger partial charge in [-0.2, -0.15) is 11.8 Å². The van der Waals surface area contributed by atoms with E-state index in [4.69, 9.17) is 10.8 Å². The molecular weight excluding hydrogens is 226 g/mol. The summed E-state index contributed by atoms with van der Waals surface area (Å²) in [5.74, 6) is -0.398. The largest absolute Gasteiger partial charge is 0.480 e. The Morgan fingerprint density at radius 3 is 2.71 bits per heavy atom. The van der Waals surface area contributed by atoms with Gasteiger partial charge in [0.25, 0.3) is 0 Å². The molecule has 14 heavy (non-hydrogen) atoms. The van der Waals surface area contributed by atoms with Gasteiger partial charge in [0.2, 0.25) is 0 Å². The van der Waals surface area contributed by atoms with Gasteiger partial charge in [-0.25, -0.2) is 8.42 Å². The predicted octanol–water partition coefficient (Wildman–Crippen LogP) is -0.681. The highest BCUT2D eigenvalue weighted by Gasteiger charge is 2.28. The van der Waals surface area contributed by atoms with Gasteiger partial charge in [0.05, 0.1) is 11.5 Å². The standard InChI is InChI=1S/C7H13NO4S2/c8-6(7(9)10)3-13-5-1-2-14(11,12)4-5/h5-6H,1-4,8H2,(H,9,10)/t5?,6-/m0/s1. The van der Waals surface area contributed by atoms with E-state index in [1.807, 2.05) is 0 Å². The van der Waals surface area contributed by atoms with Crippen molar-refractivity contribution in [2.24, 2.45) is 5.73 Å². The average Bonchev–Trinajstić information content (AvgIpc) is 2.41. The van der Waals surface area contributed by atoms with Crippen molar-refractivity contribution in [3.05, 3.63) is 0 Å². The Kier molecular flexibility index (Phi) is 3.79. The number of carboxylic acid groups (broad SMARTS) is 1. The maximum absolute atomic E-state index is 11.1. The Hall–Kier alpha value is -0.270. The summed E-state index contributed by atoms with van der Waals surface area (Å²) in [6.07, 6.45) is 0.610. The number of hydrogen-bond donors (Lipinski definition) is 2. The first kappa shape index (κ1) is 11.8. The van der Waals surface area contributed by atoms with E-state index in [0.717, 1.165) is 0 Å². The summed E-state index contributed by atoms with van der Waals surface area (Å²) < 4.78 is 22.1. The van der Waals surface area contributed by atoms with Crippen LogP contribution in [0.4, 0.5) is 0 Å². The van der Waals surface area contributed by atoms with Crippen molar-refractivity contribution in [1.82, 2.24) is 0 Å². The molecule has 82 valence electrons. The summed E-state index contributed by atoms with van der Waals surface area (Å²) in [6.45, 7) is 0. The third-order valence-electron chi connectivity index (χ3n) is 2.02. The molecule has 1 rings (SSSR count). The quantitative estimate of drug-likeness (QED) is 0.674. The highest BCUT2D eigenvalue weighted by atomic mass is 32.2. The van der Waals surface area contributed by atoms with Crippen molar-refractivity contribution in [2.45, 2.75) is 17.7 Å². The number of thioether (sulfide) groups is 1. The van der Waals surface area contributed by atoms with Crippen LogP contribution in [0.2, 0.25) is 0 Å². The fraction of sp³-hybridized carbons (Fsp3) is 0.857. The lowest BCUT2D eigenvalue weighted by molar-refractivity contribution is -0.137. The second-order valence-electron chi connectivity index (χ2n) is 3.30. The molecular formula is C7H13NO4S2. The van der Waals surface area contributed by atoms with Crippen LogP contribution in [0.15, 0.2) is 0 Å². The highest BCUT2D eigenvalue weighted by Crippen LogP contribution is 2.24. The number of carbonyl (C=O) groups is 1. The van der Waals surface area contributed by atoms with Crippen molar-refractivity contribution in [2.75, 3.05) is 17.3 Å². The highest BCUT2D eigenvalue weighted by molar-refractivity contribution is 8.01. The third-order valence-corrected chi connectivity index (χ3v) is 5.42. The van der Waals surface area contributed by atoms with Crippen LogP contribution >= 0.6 is 11.8 Å². The molecule has 1 aliphatic rings. The molecule has 7 heteroatoms. The zero-order chi connectivity index (χ0) is 10.8. The van der Waals surface area contributed by atoms with Gasteiger partial charge in [-0.15, -0.1) is 0 Å². The zero-order valence-corrected chi connectivity index (χ0v) is 9.18. The summed E-state index contributed by atoms with van der Waals surface area (Å²) in [6, 6.07) is -0.900. The maximum Gasteiger partial charge on any atom is 0.321 e. The first-order valence-corrected chi connectivity index (χ1v) is 7.08. The molecule has 1 aliphatic heterocycles. The van der Waals surface area contributed by atoms with E-state index in [9.17, 15) is 13.2 Å². The number of sulfone groups is 1. The number of rotatable bonds is 4. The minimum Gasteiger partial charge on any atom is -0.480 e. The van der Waals surface area contributed by atoms with Crippen LogP contribution < -0.4 is 5.73 Å². The molecule has 0 aromatic carbocycles. The molecule has 1 heterocycles. The van der Waals surface area contributed by atoms with Crippen molar-refractivity contribution < 1.29 is 18.3 Å².